The van der Waals surface area contributed by atoms with Crippen molar-refractivity contribution in [2.75, 3.05) is 31.4 Å². The predicted molar refractivity (Wildman–Crippen MR) is 125 cm³/mol. The van der Waals surface area contributed by atoms with Crippen molar-refractivity contribution in [2.24, 2.45) is 5.73 Å². The quantitative estimate of drug-likeness (QED) is 0.425. The Morgan fingerprint density at radius 3 is 2.65 bits per heavy atom. The number of ether oxygens (including phenoxy) is 2. The fourth-order valence-corrected chi connectivity index (χ4v) is 3.40. The van der Waals surface area contributed by atoms with Gasteiger partial charge >= 0.3 is 0 Å². The van der Waals surface area contributed by atoms with Gasteiger partial charge in [-0.25, -0.2) is 4.98 Å². The monoisotopic (exact) mass is 424 g/mol. The average molecular weight is 425 g/mol. The maximum absolute atomic E-state index is 6.00. The molecule has 0 unspecified atom stereocenters. The van der Waals surface area contributed by atoms with Crippen molar-refractivity contribution in [1.29, 1.82) is 0 Å². The van der Waals surface area contributed by atoms with E-state index in [1.54, 1.807) is 20.4 Å². The van der Waals surface area contributed by atoms with E-state index < -0.39 is 0 Å². The summed E-state index contributed by atoms with van der Waals surface area (Å²) in [4.78, 5) is 14.0. The first-order valence-corrected chi connectivity index (χ1v) is 10.6. The van der Waals surface area contributed by atoms with Crippen molar-refractivity contribution in [3.05, 3.63) is 41.6 Å². The van der Waals surface area contributed by atoms with E-state index in [-0.39, 0.29) is 6.04 Å². The minimum Gasteiger partial charge on any atom is -0.497 e. The minimum atomic E-state index is 0.134. The van der Waals surface area contributed by atoms with E-state index in [4.69, 9.17) is 25.2 Å². The Balaban J connectivity index is 1.89. The minimum absolute atomic E-state index is 0.134. The summed E-state index contributed by atoms with van der Waals surface area (Å²) in [5.41, 5.74) is 9.58. The third-order valence-corrected chi connectivity index (χ3v) is 5.25. The molecule has 0 fully saturated rings. The molecule has 1 aromatic carbocycles. The number of aryl methyl sites for hydroxylation is 1. The average Bonchev–Trinajstić information content (AvgIpc) is 2.80. The Bertz CT molecular complexity index is 1010. The standard InChI is InChI=1S/C23H32N6O2/c1-5-6-7-17(13-24)27-22-21-20(15(2)10-11-25-21)28-23(29-22)26-14-16-8-9-18(30-3)12-19(16)31-4/h8-12,17H,5-7,13-14,24H2,1-4H3,(H2,26,27,28,29)/t17-/m1/s1. The summed E-state index contributed by atoms with van der Waals surface area (Å²) in [5.74, 6) is 2.71. The van der Waals surface area contributed by atoms with Gasteiger partial charge < -0.3 is 25.8 Å². The molecular formula is C23H32N6O2. The molecule has 2 heterocycles. The molecule has 31 heavy (non-hydrogen) atoms. The molecule has 0 bridgehead atoms. The highest BCUT2D eigenvalue weighted by molar-refractivity contribution is 5.88. The van der Waals surface area contributed by atoms with Gasteiger partial charge in [0.25, 0.3) is 0 Å². The first-order valence-electron chi connectivity index (χ1n) is 10.6. The van der Waals surface area contributed by atoms with Crippen LogP contribution in [0.4, 0.5) is 11.8 Å². The number of fused-ring (bicyclic) bond motifs is 1. The number of nitrogens with one attached hydrogen (secondary N) is 2. The van der Waals surface area contributed by atoms with E-state index in [1.807, 2.05) is 31.2 Å². The number of methoxy groups -OCH3 is 2. The smallest absolute Gasteiger partial charge is 0.225 e. The fourth-order valence-electron chi connectivity index (χ4n) is 3.40. The van der Waals surface area contributed by atoms with Gasteiger partial charge in [-0.15, -0.1) is 0 Å². The lowest BCUT2D eigenvalue weighted by Crippen LogP contribution is -2.29. The van der Waals surface area contributed by atoms with Crippen LogP contribution in [0.3, 0.4) is 0 Å². The van der Waals surface area contributed by atoms with Crippen molar-refractivity contribution in [3.8, 4) is 11.5 Å². The molecular weight excluding hydrogens is 392 g/mol. The first kappa shape index (κ1) is 22.6. The van der Waals surface area contributed by atoms with Crippen molar-refractivity contribution in [3.63, 3.8) is 0 Å². The van der Waals surface area contributed by atoms with Gasteiger partial charge in [-0.2, -0.15) is 4.98 Å². The summed E-state index contributed by atoms with van der Waals surface area (Å²) in [7, 11) is 3.28. The van der Waals surface area contributed by atoms with Gasteiger partial charge in [0.05, 0.1) is 19.7 Å². The van der Waals surface area contributed by atoms with Crippen LogP contribution in [0.5, 0.6) is 11.5 Å². The Hall–Kier alpha value is -3.13. The molecule has 0 aliphatic heterocycles. The lowest BCUT2D eigenvalue weighted by molar-refractivity contribution is 0.391. The van der Waals surface area contributed by atoms with Gasteiger partial charge in [0.15, 0.2) is 5.82 Å². The van der Waals surface area contributed by atoms with Gasteiger partial charge in [-0.05, 0) is 37.1 Å². The second kappa shape index (κ2) is 10.8. The Morgan fingerprint density at radius 1 is 1.10 bits per heavy atom. The van der Waals surface area contributed by atoms with Crippen LogP contribution in [0.1, 0.15) is 37.3 Å². The van der Waals surface area contributed by atoms with E-state index in [1.165, 1.54) is 0 Å². The van der Waals surface area contributed by atoms with Crippen LogP contribution in [0.15, 0.2) is 30.5 Å². The Kier molecular flexibility index (Phi) is 7.83. The van der Waals surface area contributed by atoms with Crippen LogP contribution in [-0.2, 0) is 6.54 Å². The Labute approximate surface area is 183 Å². The van der Waals surface area contributed by atoms with E-state index in [0.29, 0.717) is 24.9 Å². The van der Waals surface area contributed by atoms with Crippen LogP contribution in [0, 0.1) is 6.92 Å². The first-order chi connectivity index (χ1) is 15.1. The molecule has 4 N–H and O–H groups in total. The summed E-state index contributed by atoms with van der Waals surface area (Å²) >= 11 is 0. The largest absolute Gasteiger partial charge is 0.497 e. The number of nitrogens with two attached hydrogens (primary N) is 1. The lowest BCUT2D eigenvalue weighted by atomic mass is 10.1. The molecule has 8 nitrogen and oxygen atoms in total. The highest BCUT2D eigenvalue weighted by Crippen LogP contribution is 2.27. The zero-order valence-corrected chi connectivity index (χ0v) is 18.7. The fraction of sp³-hybridized carbons (Fsp3) is 0.435. The maximum atomic E-state index is 6.00. The molecule has 0 radical (unpaired) electrons. The van der Waals surface area contributed by atoms with Crippen molar-refractivity contribution < 1.29 is 9.47 Å². The number of nitrogens with zero attached hydrogens (tertiary/aromatic N) is 3. The lowest BCUT2D eigenvalue weighted by Gasteiger charge is -2.19. The maximum Gasteiger partial charge on any atom is 0.225 e. The SMILES string of the molecule is CCCC[C@H](CN)Nc1nc(NCc2ccc(OC)cc2OC)nc2c(C)ccnc12. The molecule has 8 heteroatoms. The van der Waals surface area contributed by atoms with Crippen LogP contribution < -0.4 is 25.8 Å². The molecule has 1 atom stereocenters. The topological polar surface area (TPSA) is 107 Å². The second-order valence-electron chi connectivity index (χ2n) is 7.47. The molecule has 166 valence electrons. The van der Waals surface area contributed by atoms with Crippen LogP contribution in [-0.4, -0.2) is 41.8 Å². The van der Waals surface area contributed by atoms with Crippen LogP contribution in [0.25, 0.3) is 11.0 Å². The number of aromatic nitrogens is 3. The number of unbranched alkanes of at least 4 members (excludes halogenated alkanes) is 1. The normalized spacial score (nSPS) is 11.9. The van der Waals surface area contributed by atoms with Crippen molar-refractivity contribution in [2.45, 2.75) is 45.7 Å². The van der Waals surface area contributed by atoms with Gasteiger partial charge in [0.2, 0.25) is 5.95 Å². The second-order valence-corrected chi connectivity index (χ2v) is 7.47. The van der Waals surface area contributed by atoms with Gasteiger partial charge in [0, 0.05) is 37.0 Å². The van der Waals surface area contributed by atoms with Crippen LogP contribution in [0.2, 0.25) is 0 Å². The number of hydrogen-bond donors (Lipinski definition) is 3. The Morgan fingerprint density at radius 2 is 1.94 bits per heavy atom. The molecule has 2 aromatic heterocycles. The molecule has 0 aliphatic rings. The van der Waals surface area contributed by atoms with E-state index in [2.05, 4.69) is 22.5 Å². The third-order valence-electron chi connectivity index (χ3n) is 5.25. The molecule has 3 rings (SSSR count). The number of pyridine rings is 1. The third kappa shape index (κ3) is 5.52. The molecule has 0 saturated heterocycles. The molecule has 0 spiro atoms. The predicted octanol–water partition coefficient (Wildman–Crippen LogP) is 3.89. The van der Waals surface area contributed by atoms with Crippen molar-refractivity contribution >= 4 is 22.8 Å². The highest BCUT2D eigenvalue weighted by atomic mass is 16.5. The van der Waals surface area contributed by atoms with Gasteiger partial charge in [-0.1, -0.05) is 19.8 Å². The number of benzene rings is 1. The summed E-state index contributed by atoms with van der Waals surface area (Å²) in [5, 5.41) is 6.82. The van der Waals surface area contributed by atoms with E-state index in [0.717, 1.165) is 52.9 Å². The number of hydrogen-bond acceptors (Lipinski definition) is 8. The summed E-state index contributed by atoms with van der Waals surface area (Å²) < 4.78 is 10.8. The summed E-state index contributed by atoms with van der Waals surface area (Å²) in [6.07, 6.45) is 4.99. The van der Waals surface area contributed by atoms with Crippen LogP contribution >= 0.6 is 0 Å². The summed E-state index contributed by atoms with van der Waals surface area (Å²) in [6.45, 7) is 5.24. The molecule has 0 amide bonds. The zero-order chi connectivity index (χ0) is 22.2. The number of anilines is 2. The van der Waals surface area contributed by atoms with E-state index >= 15 is 0 Å². The van der Waals surface area contributed by atoms with Gasteiger partial charge in [-0.3, -0.25) is 4.98 Å². The molecule has 0 aliphatic carbocycles. The molecule has 3 aromatic rings. The highest BCUT2D eigenvalue weighted by Gasteiger charge is 2.15. The summed E-state index contributed by atoms with van der Waals surface area (Å²) in [6, 6.07) is 7.81. The number of rotatable bonds is 11. The van der Waals surface area contributed by atoms with Crippen molar-refractivity contribution in [1.82, 2.24) is 15.0 Å². The van der Waals surface area contributed by atoms with E-state index in [9.17, 15) is 0 Å². The molecule has 0 saturated carbocycles. The van der Waals surface area contributed by atoms with Gasteiger partial charge in [0.1, 0.15) is 17.0 Å². The zero-order valence-electron chi connectivity index (χ0n) is 18.7.